The van der Waals surface area contributed by atoms with E-state index in [9.17, 15) is 5.11 Å². The van der Waals surface area contributed by atoms with E-state index >= 15 is 0 Å². The molecule has 1 fully saturated rings. The Bertz CT molecular complexity index is 128. The fourth-order valence-corrected chi connectivity index (χ4v) is 2.31. The van der Waals surface area contributed by atoms with Gasteiger partial charge in [0.25, 0.3) is 0 Å². The normalized spacial score (nSPS) is 20.8. The Morgan fingerprint density at radius 3 is 2.54 bits per heavy atom. The molecule has 0 amide bonds. The van der Waals surface area contributed by atoms with E-state index in [1.165, 1.54) is 25.7 Å². The summed E-state index contributed by atoms with van der Waals surface area (Å²) in [7, 11) is 0. The fourth-order valence-electron chi connectivity index (χ4n) is 2.31. The van der Waals surface area contributed by atoms with Crippen molar-refractivity contribution in [3.63, 3.8) is 0 Å². The van der Waals surface area contributed by atoms with Crippen LogP contribution in [0.4, 0.5) is 0 Å². The van der Waals surface area contributed by atoms with E-state index < -0.39 is 0 Å². The molecule has 0 aromatic carbocycles. The van der Waals surface area contributed by atoms with Gasteiger partial charge in [0.15, 0.2) is 0 Å². The van der Waals surface area contributed by atoms with E-state index in [1.54, 1.807) is 0 Å². The van der Waals surface area contributed by atoms with Crippen LogP contribution in [0.15, 0.2) is 0 Å². The van der Waals surface area contributed by atoms with Crippen LogP contribution in [0.1, 0.15) is 45.4 Å². The van der Waals surface area contributed by atoms with Crippen molar-refractivity contribution >= 4 is 0 Å². The Morgan fingerprint density at radius 1 is 1.31 bits per heavy atom. The lowest BCUT2D eigenvalue weighted by atomic mass is 9.82. The molecule has 0 bridgehead atoms. The third-order valence-electron chi connectivity index (χ3n) is 3.20. The molecule has 0 spiro atoms. The molecule has 1 N–H and O–H groups in total. The zero-order chi connectivity index (χ0) is 9.57. The standard InChI is InChI=1S/C11H22O2/c1-2-13-9-5-8-11(10-12)6-3-4-7-11/h12H,2-10H2,1H3. The lowest BCUT2D eigenvalue weighted by molar-refractivity contribution is 0.0919. The minimum absolute atomic E-state index is 0.261. The molecule has 0 radical (unpaired) electrons. The van der Waals surface area contributed by atoms with Gasteiger partial charge in [-0.1, -0.05) is 12.8 Å². The quantitative estimate of drug-likeness (QED) is 0.645. The van der Waals surface area contributed by atoms with Gasteiger partial charge in [0.2, 0.25) is 0 Å². The molecule has 1 saturated carbocycles. The number of hydrogen-bond donors (Lipinski definition) is 1. The zero-order valence-corrected chi connectivity index (χ0v) is 8.72. The third-order valence-corrected chi connectivity index (χ3v) is 3.20. The smallest absolute Gasteiger partial charge is 0.0487 e. The average Bonchev–Trinajstić information content (AvgIpc) is 2.62. The largest absolute Gasteiger partial charge is 0.396 e. The van der Waals surface area contributed by atoms with Gasteiger partial charge in [0.1, 0.15) is 0 Å². The minimum atomic E-state index is 0.261. The van der Waals surface area contributed by atoms with Crippen molar-refractivity contribution in [1.82, 2.24) is 0 Å². The summed E-state index contributed by atoms with van der Waals surface area (Å²) in [5.41, 5.74) is 0.261. The van der Waals surface area contributed by atoms with Crippen molar-refractivity contribution in [2.24, 2.45) is 5.41 Å². The molecule has 0 aromatic heterocycles. The highest BCUT2D eigenvalue weighted by molar-refractivity contribution is 4.83. The molecule has 1 aliphatic carbocycles. The first-order valence-electron chi connectivity index (χ1n) is 5.51. The molecule has 2 nitrogen and oxygen atoms in total. The monoisotopic (exact) mass is 186 g/mol. The van der Waals surface area contributed by atoms with Crippen molar-refractivity contribution in [3.05, 3.63) is 0 Å². The Morgan fingerprint density at radius 2 is 2.00 bits per heavy atom. The van der Waals surface area contributed by atoms with Crippen molar-refractivity contribution in [2.45, 2.75) is 45.4 Å². The van der Waals surface area contributed by atoms with Gasteiger partial charge in [-0.2, -0.15) is 0 Å². The Hall–Kier alpha value is -0.0800. The first-order valence-corrected chi connectivity index (χ1v) is 5.51. The maximum atomic E-state index is 9.33. The highest BCUT2D eigenvalue weighted by atomic mass is 16.5. The molecule has 0 aromatic rings. The molecule has 78 valence electrons. The van der Waals surface area contributed by atoms with Crippen LogP contribution in [0.5, 0.6) is 0 Å². The van der Waals surface area contributed by atoms with Crippen molar-refractivity contribution in [2.75, 3.05) is 19.8 Å². The van der Waals surface area contributed by atoms with E-state index in [0.717, 1.165) is 26.1 Å². The van der Waals surface area contributed by atoms with Gasteiger partial charge >= 0.3 is 0 Å². The lowest BCUT2D eigenvalue weighted by Crippen LogP contribution is -2.21. The number of hydrogen-bond acceptors (Lipinski definition) is 2. The van der Waals surface area contributed by atoms with Crippen LogP contribution in [-0.4, -0.2) is 24.9 Å². The van der Waals surface area contributed by atoms with E-state index in [2.05, 4.69) is 0 Å². The van der Waals surface area contributed by atoms with Crippen LogP contribution in [0.2, 0.25) is 0 Å². The molecule has 13 heavy (non-hydrogen) atoms. The van der Waals surface area contributed by atoms with Crippen molar-refractivity contribution in [3.8, 4) is 0 Å². The van der Waals surface area contributed by atoms with Crippen LogP contribution >= 0.6 is 0 Å². The van der Waals surface area contributed by atoms with E-state index in [1.807, 2.05) is 6.92 Å². The molecule has 0 heterocycles. The molecule has 0 unspecified atom stereocenters. The second-order valence-electron chi connectivity index (χ2n) is 4.17. The van der Waals surface area contributed by atoms with Crippen LogP contribution in [0.25, 0.3) is 0 Å². The predicted octanol–water partition coefficient (Wildman–Crippen LogP) is 2.36. The highest BCUT2D eigenvalue weighted by Crippen LogP contribution is 2.41. The zero-order valence-electron chi connectivity index (χ0n) is 8.72. The van der Waals surface area contributed by atoms with Gasteiger partial charge in [-0.15, -0.1) is 0 Å². The molecule has 2 heteroatoms. The minimum Gasteiger partial charge on any atom is -0.396 e. The summed E-state index contributed by atoms with van der Waals surface area (Å²) in [6.07, 6.45) is 7.29. The van der Waals surface area contributed by atoms with Gasteiger partial charge in [0, 0.05) is 19.8 Å². The maximum Gasteiger partial charge on any atom is 0.0487 e. The van der Waals surface area contributed by atoms with Crippen LogP contribution in [0, 0.1) is 5.41 Å². The molecular formula is C11H22O2. The molecule has 0 aliphatic heterocycles. The van der Waals surface area contributed by atoms with Crippen molar-refractivity contribution in [1.29, 1.82) is 0 Å². The van der Waals surface area contributed by atoms with Crippen molar-refractivity contribution < 1.29 is 9.84 Å². The summed E-state index contributed by atoms with van der Waals surface area (Å²) in [5.74, 6) is 0. The molecular weight excluding hydrogens is 164 g/mol. The molecule has 1 rings (SSSR count). The number of ether oxygens (including phenoxy) is 1. The third kappa shape index (κ3) is 3.28. The fraction of sp³-hybridized carbons (Fsp3) is 1.00. The van der Waals surface area contributed by atoms with Crippen LogP contribution in [0.3, 0.4) is 0 Å². The van der Waals surface area contributed by atoms with Crippen LogP contribution < -0.4 is 0 Å². The summed E-state index contributed by atoms with van der Waals surface area (Å²) >= 11 is 0. The molecule has 0 atom stereocenters. The van der Waals surface area contributed by atoms with E-state index in [-0.39, 0.29) is 5.41 Å². The molecule has 1 aliphatic rings. The summed E-state index contributed by atoms with van der Waals surface area (Å²) in [6, 6.07) is 0. The van der Waals surface area contributed by atoms with Gasteiger partial charge in [-0.25, -0.2) is 0 Å². The first-order chi connectivity index (χ1) is 6.33. The Kier molecular flexibility index (Phi) is 4.74. The average molecular weight is 186 g/mol. The second kappa shape index (κ2) is 5.61. The van der Waals surface area contributed by atoms with Gasteiger partial charge in [-0.3, -0.25) is 0 Å². The molecule has 0 saturated heterocycles. The summed E-state index contributed by atoms with van der Waals surface area (Å²) < 4.78 is 5.30. The lowest BCUT2D eigenvalue weighted by Gasteiger charge is -2.26. The number of aliphatic hydroxyl groups excluding tert-OH is 1. The SMILES string of the molecule is CCOCCCC1(CO)CCCC1. The number of aliphatic hydroxyl groups is 1. The van der Waals surface area contributed by atoms with E-state index in [4.69, 9.17) is 4.74 Å². The highest BCUT2D eigenvalue weighted by Gasteiger charge is 2.32. The van der Waals surface area contributed by atoms with Gasteiger partial charge < -0.3 is 9.84 Å². The first kappa shape index (κ1) is 11.0. The summed E-state index contributed by atoms with van der Waals surface area (Å²) in [4.78, 5) is 0. The Balaban J connectivity index is 2.16. The maximum absolute atomic E-state index is 9.33. The Labute approximate surface area is 81.3 Å². The summed E-state index contributed by atoms with van der Waals surface area (Å²) in [5, 5.41) is 9.33. The van der Waals surface area contributed by atoms with E-state index in [0.29, 0.717) is 6.61 Å². The van der Waals surface area contributed by atoms with Gasteiger partial charge in [0.05, 0.1) is 0 Å². The second-order valence-corrected chi connectivity index (χ2v) is 4.17. The van der Waals surface area contributed by atoms with Crippen LogP contribution in [-0.2, 0) is 4.74 Å². The topological polar surface area (TPSA) is 29.5 Å². The number of rotatable bonds is 6. The predicted molar refractivity (Wildman–Crippen MR) is 53.7 cm³/mol. The summed E-state index contributed by atoms with van der Waals surface area (Å²) in [6.45, 7) is 4.07. The van der Waals surface area contributed by atoms with Gasteiger partial charge in [-0.05, 0) is 38.0 Å².